The molecule has 3 heterocycles. The van der Waals surface area contributed by atoms with Crippen molar-refractivity contribution in [1.29, 1.82) is 0 Å². The van der Waals surface area contributed by atoms with Crippen LogP contribution in [-0.2, 0) is 4.79 Å². The van der Waals surface area contributed by atoms with Crippen LogP contribution in [0.3, 0.4) is 0 Å². The van der Waals surface area contributed by atoms with Gasteiger partial charge >= 0.3 is 5.97 Å². The molecule has 9 heteroatoms. The molecule has 0 unspecified atom stereocenters. The zero-order valence-electron chi connectivity index (χ0n) is 19.9. The zero-order valence-corrected chi connectivity index (χ0v) is 20.7. The first-order valence-corrected chi connectivity index (χ1v) is 13.0. The van der Waals surface area contributed by atoms with E-state index in [-0.39, 0.29) is 5.92 Å². The summed E-state index contributed by atoms with van der Waals surface area (Å²) in [7, 11) is 1.61. The van der Waals surface area contributed by atoms with Gasteiger partial charge in [0.15, 0.2) is 0 Å². The number of aliphatic carboxylic acids is 1. The molecule has 186 valence electrons. The highest BCUT2D eigenvalue weighted by Crippen LogP contribution is 2.34. The molecule has 1 aromatic carbocycles. The second-order valence-corrected chi connectivity index (χ2v) is 10.0. The van der Waals surface area contributed by atoms with E-state index in [0.29, 0.717) is 25.1 Å². The molecule has 1 aliphatic rings. The van der Waals surface area contributed by atoms with E-state index in [9.17, 15) is 15.0 Å². The normalized spacial score (nSPS) is 19.5. The van der Waals surface area contributed by atoms with E-state index >= 15 is 0 Å². The molecule has 1 aliphatic heterocycles. The van der Waals surface area contributed by atoms with Gasteiger partial charge in [0.2, 0.25) is 0 Å². The number of fused-ring (bicyclic) bond motifs is 1. The van der Waals surface area contributed by atoms with Gasteiger partial charge in [0.25, 0.3) is 0 Å². The molecule has 4 rings (SSSR count). The van der Waals surface area contributed by atoms with Crippen LogP contribution in [0.1, 0.15) is 37.4 Å². The number of nitrogens with zero attached hydrogens (tertiary/aromatic N) is 4. The van der Waals surface area contributed by atoms with Gasteiger partial charge in [0.1, 0.15) is 10.8 Å². The molecule has 8 nitrogen and oxygen atoms in total. The molecular weight excluding hydrogens is 464 g/mol. The molecule has 2 aromatic heterocycles. The van der Waals surface area contributed by atoms with Crippen LogP contribution < -0.4 is 4.74 Å². The summed E-state index contributed by atoms with van der Waals surface area (Å²) in [5, 5.41) is 30.6. The topological polar surface area (TPSA) is 109 Å². The van der Waals surface area contributed by atoms with E-state index in [0.717, 1.165) is 53.2 Å². The maximum atomic E-state index is 12.1. The predicted octanol–water partition coefficient (Wildman–Crippen LogP) is 4.05. The van der Waals surface area contributed by atoms with Crippen molar-refractivity contribution in [2.75, 3.05) is 32.5 Å². The average Bonchev–Trinajstić information content (AvgIpc) is 2.89. The fraction of sp³-hybridized carbons (Fsp3) is 0.462. The standard InChI is InChI=1S/C26H32N4O4S/c1-34-19-6-7-23-21(16-19)20(9-12-27-23)24(31)8-5-18-10-14-30(17-22(18)26(32)33)13-3-15-35-25-4-2-11-28-29-25/h2,4,6-7,9,11-12,16,18,22,24,31H,3,5,8,10,13-15,17H2,1H3,(H,32,33)/t18-,22+,24+/m1/s1. The number of methoxy groups -OCH3 is 1. The molecule has 2 N–H and O–H groups in total. The SMILES string of the molecule is COc1ccc2nccc([C@@H](O)CC[C@@H]3CCN(CCCSc4cccnn4)C[C@@H]3C(=O)O)c2c1. The van der Waals surface area contributed by atoms with Gasteiger partial charge in [-0.1, -0.05) is 0 Å². The van der Waals surface area contributed by atoms with Gasteiger partial charge in [-0.2, -0.15) is 5.10 Å². The Hall–Kier alpha value is -2.75. The van der Waals surface area contributed by atoms with Crippen molar-refractivity contribution in [1.82, 2.24) is 20.1 Å². The monoisotopic (exact) mass is 496 g/mol. The van der Waals surface area contributed by atoms with Crippen molar-refractivity contribution in [3.63, 3.8) is 0 Å². The Morgan fingerprint density at radius 3 is 2.94 bits per heavy atom. The summed E-state index contributed by atoms with van der Waals surface area (Å²) in [5.74, 6) is 0.523. The number of hydrogen-bond acceptors (Lipinski definition) is 8. The number of benzene rings is 1. The maximum Gasteiger partial charge on any atom is 0.308 e. The lowest BCUT2D eigenvalue weighted by Crippen LogP contribution is -2.44. The number of piperidine rings is 1. The van der Waals surface area contributed by atoms with Gasteiger partial charge in [-0.25, -0.2) is 0 Å². The predicted molar refractivity (Wildman–Crippen MR) is 136 cm³/mol. The number of likely N-dealkylation sites (tertiary alicyclic amines) is 1. The smallest absolute Gasteiger partial charge is 0.308 e. The van der Waals surface area contributed by atoms with Crippen LogP contribution >= 0.6 is 11.8 Å². The Kier molecular flexibility index (Phi) is 8.90. The maximum absolute atomic E-state index is 12.1. The highest BCUT2D eigenvalue weighted by Gasteiger charge is 2.34. The van der Waals surface area contributed by atoms with E-state index in [1.807, 2.05) is 36.4 Å². The molecular formula is C26H32N4O4S. The van der Waals surface area contributed by atoms with Crippen molar-refractivity contribution in [2.45, 2.75) is 36.8 Å². The van der Waals surface area contributed by atoms with Crippen LogP contribution in [0, 0.1) is 11.8 Å². The number of aliphatic hydroxyl groups is 1. The number of carboxylic acids is 1. The highest BCUT2D eigenvalue weighted by atomic mass is 32.2. The zero-order chi connectivity index (χ0) is 24.6. The van der Waals surface area contributed by atoms with Gasteiger partial charge in [0.05, 0.1) is 24.6 Å². The molecule has 0 radical (unpaired) electrons. The minimum absolute atomic E-state index is 0.0509. The van der Waals surface area contributed by atoms with Crippen LogP contribution in [0.25, 0.3) is 10.9 Å². The van der Waals surface area contributed by atoms with Crippen LogP contribution in [0.5, 0.6) is 5.75 Å². The average molecular weight is 497 g/mol. The summed E-state index contributed by atoms with van der Waals surface area (Å²) >= 11 is 1.67. The molecule has 0 aliphatic carbocycles. The van der Waals surface area contributed by atoms with Gasteiger partial charge in [0, 0.05) is 30.1 Å². The lowest BCUT2D eigenvalue weighted by molar-refractivity contribution is -0.146. The summed E-state index contributed by atoms with van der Waals surface area (Å²) in [6.07, 6.45) is 5.66. The summed E-state index contributed by atoms with van der Waals surface area (Å²) in [6.45, 7) is 2.31. The molecule has 1 fully saturated rings. The first-order chi connectivity index (χ1) is 17.0. The van der Waals surface area contributed by atoms with Crippen LogP contribution in [0.2, 0.25) is 0 Å². The lowest BCUT2D eigenvalue weighted by atomic mass is 9.81. The van der Waals surface area contributed by atoms with Crippen LogP contribution in [0.15, 0.2) is 53.8 Å². The largest absolute Gasteiger partial charge is 0.497 e. The fourth-order valence-corrected chi connectivity index (χ4v) is 5.58. The van der Waals surface area contributed by atoms with Crippen LogP contribution in [0.4, 0.5) is 0 Å². The fourth-order valence-electron chi connectivity index (χ4n) is 4.82. The van der Waals surface area contributed by atoms with E-state index in [2.05, 4.69) is 20.1 Å². The molecule has 0 saturated carbocycles. The Bertz CT molecular complexity index is 1120. The van der Waals surface area contributed by atoms with Crippen molar-refractivity contribution >= 4 is 28.6 Å². The minimum atomic E-state index is -0.748. The van der Waals surface area contributed by atoms with Gasteiger partial charge in [-0.3, -0.25) is 9.78 Å². The number of carboxylic acid groups (broad SMARTS) is 1. The highest BCUT2D eigenvalue weighted by molar-refractivity contribution is 7.99. The molecule has 35 heavy (non-hydrogen) atoms. The Labute approximate surface area is 209 Å². The lowest BCUT2D eigenvalue weighted by Gasteiger charge is -2.37. The number of thioether (sulfide) groups is 1. The summed E-state index contributed by atoms with van der Waals surface area (Å²) in [4.78, 5) is 18.7. The molecule has 3 atom stereocenters. The molecule has 1 saturated heterocycles. The van der Waals surface area contributed by atoms with E-state index in [1.54, 1.807) is 31.3 Å². The van der Waals surface area contributed by atoms with Gasteiger partial charge < -0.3 is 19.8 Å². The quantitative estimate of drug-likeness (QED) is 0.300. The number of carbonyl (C=O) groups is 1. The Balaban J connectivity index is 1.30. The second-order valence-electron chi connectivity index (χ2n) is 8.93. The van der Waals surface area contributed by atoms with Gasteiger partial charge in [-0.15, -0.1) is 16.9 Å². The summed E-state index contributed by atoms with van der Waals surface area (Å²) < 4.78 is 5.33. The Morgan fingerprint density at radius 2 is 2.17 bits per heavy atom. The van der Waals surface area contributed by atoms with E-state index < -0.39 is 18.0 Å². The van der Waals surface area contributed by atoms with E-state index in [1.165, 1.54) is 0 Å². The number of hydrogen-bond donors (Lipinski definition) is 2. The number of aliphatic hydroxyl groups excluding tert-OH is 1. The number of aromatic nitrogens is 3. The van der Waals surface area contributed by atoms with Crippen molar-refractivity contribution < 1.29 is 19.7 Å². The van der Waals surface area contributed by atoms with Gasteiger partial charge in [-0.05, 0) is 86.7 Å². The molecule has 0 spiro atoms. The molecule has 3 aromatic rings. The number of rotatable bonds is 11. The third kappa shape index (κ3) is 6.68. The first-order valence-electron chi connectivity index (χ1n) is 12.0. The summed E-state index contributed by atoms with van der Waals surface area (Å²) in [6, 6.07) is 11.3. The first kappa shape index (κ1) is 25.3. The second kappa shape index (κ2) is 12.3. The van der Waals surface area contributed by atoms with Crippen LogP contribution in [-0.4, -0.2) is 68.8 Å². The molecule has 0 bridgehead atoms. The number of pyridine rings is 1. The number of ether oxygens (including phenoxy) is 1. The third-order valence-corrected chi connectivity index (χ3v) is 7.73. The van der Waals surface area contributed by atoms with Crippen molar-refractivity contribution in [3.8, 4) is 5.75 Å². The minimum Gasteiger partial charge on any atom is -0.497 e. The summed E-state index contributed by atoms with van der Waals surface area (Å²) in [5.41, 5.74) is 1.61. The molecule has 0 amide bonds. The van der Waals surface area contributed by atoms with E-state index in [4.69, 9.17) is 4.74 Å². The van der Waals surface area contributed by atoms with Crippen molar-refractivity contribution in [2.24, 2.45) is 11.8 Å². The third-order valence-electron chi connectivity index (χ3n) is 6.73. The Morgan fingerprint density at radius 1 is 1.29 bits per heavy atom. The van der Waals surface area contributed by atoms with Crippen molar-refractivity contribution in [3.05, 3.63) is 54.4 Å².